The monoisotopic (exact) mass is 342 g/mol. The first-order chi connectivity index (χ1) is 10.3. The van der Waals surface area contributed by atoms with Crippen molar-refractivity contribution in [2.75, 3.05) is 13.1 Å². The number of thiophene rings is 1. The molecule has 1 fully saturated rings. The lowest BCUT2D eigenvalue weighted by molar-refractivity contribution is -0.122. The summed E-state index contributed by atoms with van der Waals surface area (Å²) in [7, 11) is 0. The molecule has 2 aromatic rings. The SMILES string of the molecule is Cl.O=C(CCc1nc(-c2ccsc2)no1)NC1CCNCC1. The van der Waals surface area contributed by atoms with Gasteiger partial charge in [0.05, 0.1) is 0 Å². The summed E-state index contributed by atoms with van der Waals surface area (Å²) in [6.45, 7) is 1.94. The van der Waals surface area contributed by atoms with Crippen LogP contribution in [0, 0.1) is 0 Å². The summed E-state index contributed by atoms with van der Waals surface area (Å²) in [5, 5.41) is 14.2. The Morgan fingerprint density at radius 3 is 3.00 bits per heavy atom. The van der Waals surface area contributed by atoms with Crippen LogP contribution < -0.4 is 10.6 Å². The first-order valence-corrected chi connectivity index (χ1v) is 8.11. The average Bonchev–Trinajstić information content (AvgIpc) is 3.17. The van der Waals surface area contributed by atoms with Crippen LogP contribution >= 0.6 is 23.7 Å². The molecule has 1 aliphatic rings. The third-order valence-corrected chi connectivity index (χ3v) is 4.20. The Hall–Kier alpha value is -1.44. The molecule has 1 amide bonds. The molecule has 3 rings (SSSR count). The maximum Gasteiger partial charge on any atom is 0.227 e. The van der Waals surface area contributed by atoms with E-state index >= 15 is 0 Å². The lowest BCUT2D eigenvalue weighted by atomic mass is 10.1. The van der Waals surface area contributed by atoms with E-state index in [2.05, 4.69) is 20.8 Å². The van der Waals surface area contributed by atoms with Crippen molar-refractivity contribution in [3.8, 4) is 11.4 Å². The van der Waals surface area contributed by atoms with Crippen molar-refractivity contribution in [1.82, 2.24) is 20.8 Å². The fourth-order valence-electron chi connectivity index (χ4n) is 2.35. The second kappa shape index (κ2) is 8.26. The summed E-state index contributed by atoms with van der Waals surface area (Å²) in [6.07, 6.45) is 2.85. The van der Waals surface area contributed by atoms with Gasteiger partial charge in [0.2, 0.25) is 17.6 Å². The van der Waals surface area contributed by atoms with Gasteiger partial charge in [0.25, 0.3) is 0 Å². The maximum atomic E-state index is 11.9. The minimum absolute atomic E-state index is 0. The molecule has 0 aromatic carbocycles. The highest BCUT2D eigenvalue weighted by Gasteiger charge is 2.16. The molecule has 22 heavy (non-hydrogen) atoms. The van der Waals surface area contributed by atoms with Crippen LogP contribution in [-0.2, 0) is 11.2 Å². The third kappa shape index (κ3) is 4.53. The molecule has 0 aliphatic carbocycles. The molecule has 3 heterocycles. The van der Waals surface area contributed by atoms with E-state index in [4.69, 9.17) is 4.52 Å². The molecule has 1 saturated heterocycles. The highest BCUT2D eigenvalue weighted by Crippen LogP contribution is 2.18. The second-order valence-corrected chi connectivity index (χ2v) is 5.90. The third-order valence-electron chi connectivity index (χ3n) is 3.52. The Morgan fingerprint density at radius 1 is 1.45 bits per heavy atom. The van der Waals surface area contributed by atoms with E-state index in [1.54, 1.807) is 11.3 Å². The predicted octanol–water partition coefficient (Wildman–Crippen LogP) is 2.02. The Morgan fingerprint density at radius 2 is 2.27 bits per heavy atom. The van der Waals surface area contributed by atoms with E-state index in [0.29, 0.717) is 30.6 Å². The van der Waals surface area contributed by atoms with Crippen LogP contribution in [0.5, 0.6) is 0 Å². The van der Waals surface area contributed by atoms with Crippen LogP contribution in [0.2, 0.25) is 0 Å². The first kappa shape index (κ1) is 16.9. The number of aromatic nitrogens is 2. The molecule has 0 atom stereocenters. The van der Waals surface area contributed by atoms with Crippen LogP contribution in [0.3, 0.4) is 0 Å². The standard InChI is InChI=1S/C14H18N4O2S.ClH/c19-12(16-11-3-6-15-7-4-11)1-2-13-17-14(18-20-13)10-5-8-21-9-10;/h5,8-9,11,15H,1-4,6-7H2,(H,16,19);1H. The normalized spacial score (nSPS) is 15.3. The summed E-state index contributed by atoms with van der Waals surface area (Å²) in [4.78, 5) is 16.2. The number of piperidine rings is 1. The highest BCUT2D eigenvalue weighted by atomic mass is 35.5. The number of carbonyl (C=O) groups is 1. The molecular weight excluding hydrogens is 324 g/mol. The molecule has 2 aromatic heterocycles. The molecule has 120 valence electrons. The van der Waals surface area contributed by atoms with Crippen LogP contribution in [0.1, 0.15) is 25.2 Å². The quantitative estimate of drug-likeness (QED) is 0.869. The fraction of sp³-hybridized carbons (Fsp3) is 0.500. The molecule has 2 N–H and O–H groups in total. The number of nitrogens with zero attached hydrogens (tertiary/aromatic N) is 2. The second-order valence-electron chi connectivity index (χ2n) is 5.12. The van der Waals surface area contributed by atoms with E-state index in [0.717, 1.165) is 31.5 Å². The van der Waals surface area contributed by atoms with Gasteiger partial charge in [-0.15, -0.1) is 12.4 Å². The fourth-order valence-corrected chi connectivity index (χ4v) is 2.99. The topological polar surface area (TPSA) is 80.0 Å². The molecule has 6 nitrogen and oxygen atoms in total. The molecule has 0 saturated carbocycles. The number of hydrogen-bond acceptors (Lipinski definition) is 6. The summed E-state index contributed by atoms with van der Waals surface area (Å²) in [6, 6.07) is 2.24. The zero-order valence-electron chi connectivity index (χ0n) is 12.1. The van der Waals surface area contributed by atoms with Crippen LogP contribution in [0.15, 0.2) is 21.3 Å². The van der Waals surface area contributed by atoms with Gasteiger partial charge in [-0.1, -0.05) is 5.16 Å². The van der Waals surface area contributed by atoms with Gasteiger partial charge in [-0.2, -0.15) is 16.3 Å². The number of carbonyl (C=O) groups excluding carboxylic acids is 1. The number of hydrogen-bond donors (Lipinski definition) is 2. The molecule has 0 radical (unpaired) electrons. The average molecular weight is 343 g/mol. The molecule has 0 spiro atoms. The van der Waals surface area contributed by atoms with Crippen molar-refractivity contribution in [2.24, 2.45) is 0 Å². The molecule has 1 aliphatic heterocycles. The van der Waals surface area contributed by atoms with Crippen molar-refractivity contribution in [3.63, 3.8) is 0 Å². The number of nitrogens with one attached hydrogen (secondary N) is 2. The van der Waals surface area contributed by atoms with E-state index in [-0.39, 0.29) is 18.3 Å². The Labute approximate surface area is 139 Å². The minimum Gasteiger partial charge on any atom is -0.353 e. The minimum atomic E-state index is 0. The van der Waals surface area contributed by atoms with Crippen LogP contribution in [0.25, 0.3) is 11.4 Å². The number of halogens is 1. The highest BCUT2D eigenvalue weighted by molar-refractivity contribution is 7.08. The van der Waals surface area contributed by atoms with Crippen molar-refractivity contribution in [3.05, 3.63) is 22.7 Å². The van der Waals surface area contributed by atoms with Gasteiger partial charge in [-0.25, -0.2) is 0 Å². The van der Waals surface area contributed by atoms with Gasteiger partial charge in [-0.05, 0) is 37.4 Å². The van der Waals surface area contributed by atoms with Crippen LogP contribution in [0.4, 0.5) is 0 Å². The van der Waals surface area contributed by atoms with E-state index in [1.165, 1.54) is 0 Å². The lowest BCUT2D eigenvalue weighted by Crippen LogP contribution is -2.42. The van der Waals surface area contributed by atoms with Gasteiger partial charge in [0, 0.05) is 29.8 Å². The van der Waals surface area contributed by atoms with Gasteiger partial charge >= 0.3 is 0 Å². The van der Waals surface area contributed by atoms with E-state index < -0.39 is 0 Å². The van der Waals surface area contributed by atoms with Crippen molar-refractivity contribution in [1.29, 1.82) is 0 Å². The van der Waals surface area contributed by atoms with Crippen molar-refractivity contribution >= 4 is 29.7 Å². The summed E-state index contributed by atoms with van der Waals surface area (Å²) in [5.74, 6) is 1.15. The van der Waals surface area contributed by atoms with Gasteiger partial charge < -0.3 is 15.2 Å². The first-order valence-electron chi connectivity index (χ1n) is 7.16. The largest absolute Gasteiger partial charge is 0.353 e. The van der Waals surface area contributed by atoms with Crippen molar-refractivity contribution in [2.45, 2.75) is 31.7 Å². The summed E-state index contributed by atoms with van der Waals surface area (Å²) >= 11 is 1.59. The van der Waals surface area contributed by atoms with Crippen molar-refractivity contribution < 1.29 is 9.32 Å². The zero-order chi connectivity index (χ0) is 14.5. The van der Waals surface area contributed by atoms with Crippen LogP contribution in [-0.4, -0.2) is 35.2 Å². The zero-order valence-corrected chi connectivity index (χ0v) is 13.7. The van der Waals surface area contributed by atoms with E-state index in [1.807, 2.05) is 16.8 Å². The summed E-state index contributed by atoms with van der Waals surface area (Å²) < 4.78 is 5.18. The van der Waals surface area contributed by atoms with Gasteiger partial charge in [-0.3, -0.25) is 4.79 Å². The van der Waals surface area contributed by atoms with Gasteiger partial charge in [0.15, 0.2) is 0 Å². The maximum absolute atomic E-state index is 11.9. The molecular formula is C14H19ClN4O2S. The Balaban J connectivity index is 0.00000176. The Bertz CT molecular complexity index is 581. The number of amides is 1. The molecule has 8 heteroatoms. The predicted molar refractivity (Wildman–Crippen MR) is 87.2 cm³/mol. The smallest absolute Gasteiger partial charge is 0.227 e. The summed E-state index contributed by atoms with van der Waals surface area (Å²) in [5.41, 5.74) is 0.953. The molecule has 0 bridgehead atoms. The number of aryl methyl sites for hydroxylation is 1. The van der Waals surface area contributed by atoms with E-state index in [9.17, 15) is 4.79 Å². The Kier molecular flexibility index (Phi) is 6.35. The lowest BCUT2D eigenvalue weighted by Gasteiger charge is -2.23. The number of rotatable bonds is 5. The van der Waals surface area contributed by atoms with Gasteiger partial charge in [0.1, 0.15) is 0 Å². The molecule has 0 unspecified atom stereocenters.